The van der Waals surface area contributed by atoms with Gasteiger partial charge >= 0.3 is 0 Å². The van der Waals surface area contributed by atoms with Gasteiger partial charge in [0.15, 0.2) is 5.82 Å². The maximum Gasteiger partial charge on any atom is 0.296 e. The number of fused-ring (bicyclic) bond motifs is 1. The van der Waals surface area contributed by atoms with E-state index in [-0.39, 0.29) is 11.9 Å². The normalized spacial score (nSPS) is 15.8. The highest BCUT2D eigenvalue weighted by Crippen LogP contribution is 2.33. The van der Waals surface area contributed by atoms with Gasteiger partial charge in [-0.15, -0.1) is 0 Å². The molecule has 4 heterocycles. The molecule has 2 aliphatic rings. The fourth-order valence-corrected chi connectivity index (χ4v) is 6.39. The molecule has 2 aliphatic heterocycles. The zero-order valence-corrected chi connectivity index (χ0v) is 26.2. The molecule has 1 aromatic carbocycles. The Morgan fingerprint density at radius 2 is 1.70 bits per heavy atom. The lowest BCUT2D eigenvalue weighted by atomic mass is 10.3. The Balaban J connectivity index is 1.42. The summed E-state index contributed by atoms with van der Waals surface area (Å²) in [6.07, 6.45) is -2.85. The van der Waals surface area contributed by atoms with Gasteiger partial charge in [0.1, 0.15) is 27.2 Å². The number of benzene rings is 1. The van der Waals surface area contributed by atoms with Gasteiger partial charge in [-0.05, 0) is 26.0 Å². The Morgan fingerprint density at radius 3 is 2.30 bits per heavy atom. The quantitative estimate of drug-likeness (QED) is 0.324. The van der Waals surface area contributed by atoms with E-state index < -0.39 is 12.2 Å². The molecule has 43 heavy (non-hydrogen) atoms. The third-order valence-corrected chi connectivity index (χ3v) is 9.12. The Bertz CT molecular complexity index is 1440. The summed E-state index contributed by atoms with van der Waals surface area (Å²) in [4.78, 5) is 34.3. The molecule has 2 fully saturated rings. The number of rotatable bonds is 9. The number of imidazole rings is 1. The molecule has 5 rings (SSSR count). The van der Waals surface area contributed by atoms with E-state index >= 15 is 0 Å². The number of hydrogen-bond donors (Lipinski definition) is 0. The molecule has 2 aromatic heterocycles. The Morgan fingerprint density at radius 1 is 1.05 bits per heavy atom. The molecule has 0 aliphatic carbocycles. The molecule has 15 heteroatoms. The molecule has 0 bridgehead atoms. The number of carbonyl (C=O) groups excluding carboxylic acids is 1. The summed E-state index contributed by atoms with van der Waals surface area (Å²) in [7, 11) is 1.48. The number of morpholine rings is 1. The maximum absolute atomic E-state index is 14.4. The topological polar surface area (TPSA) is 92.1 Å². The summed E-state index contributed by atoms with van der Waals surface area (Å²) in [6.45, 7) is 10.2. The van der Waals surface area contributed by atoms with Crippen molar-refractivity contribution in [3.8, 4) is 11.7 Å². The predicted octanol–water partition coefficient (Wildman–Crippen LogP) is 3.61. The van der Waals surface area contributed by atoms with E-state index in [1.807, 2.05) is 19.9 Å². The largest absolute Gasteiger partial charge is 0.494 e. The first-order valence-electron chi connectivity index (χ1n) is 14.3. The first-order valence-corrected chi connectivity index (χ1v) is 15.7. The number of aromatic nitrogens is 4. The molecular formula is C28H36F2N8O3S2. The number of hydrogen-bond acceptors (Lipinski definition) is 10. The lowest BCUT2D eigenvalue weighted by molar-refractivity contribution is -0.127. The number of alkyl halides is 2. The van der Waals surface area contributed by atoms with Crippen LogP contribution in [0.25, 0.3) is 17.0 Å². The van der Waals surface area contributed by atoms with E-state index in [2.05, 4.69) is 19.7 Å². The van der Waals surface area contributed by atoms with E-state index in [9.17, 15) is 13.6 Å². The number of anilines is 2. The van der Waals surface area contributed by atoms with Gasteiger partial charge in [0, 0.05) is 58.4 Å². The van der Waals surface area contributed by atoms with Crippen molar-refractivity contribution < 1.29 is 23.0 Å². The van der Waals surface area contributed by atoms with Crippen LogP contribution in [0.2, 0.25) is 0 Å². The summed E-state index contributed by atoms with van der Waals surface area (Å²) in [5.74, 6) is 1.72. The number of ether oxygens (including phenoxy) is 2. The van der Waals surface area contributed by atoms with Gasteiger partial charge in [-0.25, -0.2) is 13.8 Å². The second-order valence-electron chi connectivity index (χ2n) is 10.0. The number of nitrogens with zero attached hydrogens (tertiary/aromatic N) is 8. The zero-order chi connectivity index (χ0) is 30.5. The highest BCUT2D eigenvalue weighted by molar-refractivity contribution is 8.23. The molecule has 0 saturated carbocycles. The van der Waals surface area contributed by atoms with E-state index in [4.69, 9.17) is 31.7 Å². The van der Waals surface area contributed by atoms with Crippen molar-refractivity contribution >= 4 is 56.9 Å². The molecule has 3 aromatic rings. The van der Waals surface area contributed by atoms with Gasteiger partial charge in [0.25, 0.3) is 6.43 Å². The number of para-hydroxylation sites is 1. The highest BCUT2D eigenvalue weighted by atomic mass is 32.2. The second kappa shape index (κ2) is 14.0. The SMILES string of the molecule is CCN(CC)C(=O)CSC(=S)N1CCN(c2cc(N3CCOCC3)nc(-n3c(C(F)F)nc4c(OC)cccc43)n2)CC1. The van der Waals surface area contributed by atoms with E-state index in [1.54, 1.807) is 23.1 Å². The van der Waals surface area contributed by atoms with Crippen LogP contribution in [0.1, 0.15) is 26.1 Å². The Labute approximate surface area is 259 Å². The van der Waals surface area contributed by atoms with Gasteiger partial charge in [0.2, 0.25) is 11.9 Å². The summed E-state index contributed by atoms with van der Waals surface area (Å²) in [6, 6.07) is 7.04. The molecule has 1 amide bonds. The average Bonchev–Trinajstić information content (AvgIpc) is 3.45. The Hall–Kier alpha value is -3.30. The fraction of sp³-hybridized carbons (Fsp3) is 0.536. The second-order valence-corrected chi connectivity index (χ2v) is 11.6. The fourth-order valence-electron chi connectivity index (χ4n) is 5.24. The highest BCUT2D eigenvalue weighted by Gasteiger charge is 2.27. The van der Waals surface area contributed by atoms with Crippen LogP contribution in [0.4, 0.5) is 20.4 Å². The lowest BCUT2D eigenvalue weighted by Crippen LogP contribution is -2.48. The molecule has 0 spiro atoms. The summed E-state index contributed by atoms with van der Waals surface area (Å²) in [5.41, 5.74) is 0.757. The van der Waals surface area contributed by atoms with Crippen molar-refractivity contribution in [1.29, 1.82) is 0 Å². The molecule has 2 saturated heterocycles. The van der Waals surface area contributed by atoms with Crippen LogP contribution in [0.3, 0.4) is 0 Å². The van der Waals surface area contributed by atoms with E-state index in [0.717, 1.165) is 0 Å². The smallest absolute Gasteiger partial charge is 0.296 e. The van der Waals surface area contributed by atoms with E-state index in [1.165, 1.54) is 23.4 Å². The van der Waals surface area contributed by atoms with Gasteiger partial charge < -0.3 is 29.1 Å². The molecule has 0 atom stereocenters. The van der Waals surface area contributed by atoms with Gasteiger partial charge in [-0.1, -0.05) is 30.0 Å². The van der Waals surface area contributed by atoms with Crippen molar-refractivity contribution in [2.45, 2.75) is 20.3 Å². The first-order chi connectivity index (χ1) is 20.8. The molecule has 0 radical (unpaired) electrons. The number of thiocarbonyl (C=S) groups is 1. The van der Waals surface area contributed by atoms with Gasteiger partial charge in [-0.2, -0.15) is 9.97 Å². The predicted molar refractivity (Wildman–Crippen MR) is 168 cm³/mol. The molecular weight excluding hydrogens is 598 g/mol. The molecule has 232 valence electrons. The summed E-state index contributed by atoms with van der Waals surface area (Å²) < 4.78 is 41.7. The van der Waals surface area contributed by atoms with Crippen LogP contribution < -0.4 is 14.5 Å². The van der Waals surface area contributed by atoms with Crippen LogP contribution in [0.5, 0.6) is 5.75 Å². The lowest BCUT2D eigenvalue weighted by Gasteiger charge is -2.37. The van der Waals surface area contributed by atoms with Crippen molar-refractivity contribution in [2.24, 2.45) is 0 Å². The van der Waals surface area contributed by atoms with Crippen molar-refractivity contribution in [3.05, 3.63) is 30.1 Å². The van der Waals surface area contributed by atoms with E-state index in [0.29, 0.717) is 104 Å². The number of methoxy groups -OCH3 is 1. The van der Waals surface area contributed by atoms with Gasteiger partial charge in [-0.3, -0.25) is 9.36 Å². The summed E-state index contributed by atoms with van der Waals surface area (Å²) >= 11 is 7.05. The van der Waals surface area contributed by atoms with Crippen LogP contribution in [0, 0.1) is 0 Å². The van der Waals surface area contributed by atoms with Crippen molar-refractivity contribution in [2.75, 3.05) is 88.2 Å². The third kappa shape index (κ3) is 6.78. The van der Waals surface area contributed by atoms with Crippen LogP contribution >= 0.6 is 24.0 Å². The molecule has 11 nitrogen and oxygen atoms in total. The number of piperazine rings is 1. The number of halogens is 2. The van der Waals surface area contributed by atoms with Crippen LogP contribution in [-0.4, -0.2) is 118 Å². The van der Waals surface area contributed by atoms with Crippen LogP contribution in [-0.2, 0) is 9.53 Å². The third-order valence-electron chi connectivity index (χ3n) is 7.61. The van der Waals surface area contributed by atoms with Gasteiger partial charge in [0.05, 0.1) is 31.6 Å². The standard InChI is InChI=1S/C28H36F2N8O3S2/c1-4-34(5-2)23(39)18-43-28(42)37-11-9-35(10-12-37)21-17-22(36-13-15-41-16-14-36)32-27(31-21)38-19-7-6-8-20(40-3)24(19)33-26(38)25(29)30/h6-8,17,25H,4-5,9-16,18H2,1-3H3. The minimum Gasteiger partial charge on any atom is -0.494 e. The average molecular weight is 635 g/mol. The van der Waals surface area contributed by atoms with Crippen LogP contribution in [0.15, 0.2) is 24.3 Å². The molecule has 0 N–H and O–H groups in total. The van der Waals surface area contributed by atoms with Crippen molar-refractivity contribution in [3.63, 3.8) is 0 Å². The number of amides is 1. The number of carbonyl (C=O) groups is 1. The maximum atomic E-state index is 14.4. The van der Waals surface area contributed by atoms with Crippen molar-refractivity contribution in [1.82, 2.24) is 29.3 Å². The minimum atomic E-state index is -2.85. The monoisotopic (exact) mass is 634 g/mol. The zero-order valence-electron chi connectivity index (χ0n) is 24.5. The Kier molecular flexibility index (Phi) is 10.1. The minimum absolute atomic E-state index is 0.0768. The first kappa shape index (κ1) is 31.1. The molecule has 0 unspecified atom stereocenters. The number of thioether (sulfide) groups is 1. The summed E-state index contributed by atoms with van der Waals surface area (Å²) in [5, 5.41) is 0.